The summed E-state index contributed by atoms with van der Waals surface area (Å²) < 4.78 is 10.6. The van der Waals surface area contributed by atoms with Crippen LogP contribution >= 0.6 is 0 Å². The number of hydroxylamine groups is 2. The van der Waals surface area contributed by atoms with Gasteiger partial charge in [-0.05, 0) is 30.9 Å². The zero-order valence-corrected chi connectivity index (χ0v) is 14.3. The molecule has 4 rings (SSSR count). The highest BCUT2D eigenvalue weighted by atomic mass is 16.8. The van der Waals surface area contributed by atoms with Gasteiger partial charge in [0.2, 0.25) is 5.60 Å². The standard InChI is InChI=1S/C19H23NO5/c1-2-3-13-23-17(21)19-11-9-16(10-12-19)20(25-19)18(22)24-14-15-7-5-4-6-8-15/h4-9,11,16H,2-3,10,12-14H2,1H3. The van der Waals surface area contributed by atoms with Gasteiger partial charge < -0.3 is 9.47 Å². The molecule has 2 heterocycles. The minimum Gasteiger partial charge on any atom is -0.463 e. The lowest BCUT2D eigenvalue weighted by molar-refractivity contribution is -0.258. The Bertz CT molecular complexity index is 644. The number of hydrogen-bond donors (Lipinski definition) is 0. The summed E-state index contributed by atoms with van der Waals surface area (Å²) in [5.41, 5.74) is -0.323. The van der Waals surface area contributed by atoms with Crippen molar-refractivity contribution in [3.63, 3.8) is 0 Å². The highest BCUT2D eigenvalue weighted by molar-refractivity contribution is 5.83. The molecule has 2 unspecified atom stereocenters. The number of unbranched alkanes of at least 4 members (excludes halogenated alkanes) is 1. The van der Waals surface area contributed by atoms with Crippen molar-refractivity contribution >= 4 is 12.1 Å². The Morgan fingerprint density at radius 3 is 2.76 bits per heavy atom. The predicted octanol–water partition coefficient (Wildman–Crippen LogP) is 3.37. The van der Waals surface area contributed by atoms with Crippen LogP contribution in [0.4, 0.5) is 4.79 Å². The molecule has 6 heteroatoms. The number of rotatable bonds is 6. The molecule has 2 atom stereocenters. The molecular weight excluding hydrogens is 322 g/mol. The molecule has 0 aromatic heterocycles. The Balaban J connectivity index is 1.61. The van der Waals surface area contributed by atoms with Gasteiger partial charge in [0.15, 0.2) is 0 Å². The van der Waals surface area contributed by atoms with E-state index < -0.39 is 17.7 Å². The monoisotopic (exact) mass is 345 g/mol. The van der Waals surface area contributed by atoms with Crippen LogP contribution in [0.3, 0.4) is 0 Å². The topological polar surface area (TPSA) is 65.1 Å². The summed E-state index contributed by atoms with van der Waals surface area (Å²) in [5, 5.41) is 1.16. The van der Waals surface area contributed by atoms with Gasteiger partial charge in [-0.15, -0.1) is 0 Å². The van der Waals surface area contributed by atoms with E-state index >= 15 is 0 Å². The zero-order valence-electron chi connectivity index (χ0n) is 14.3. The van der Waals surface area contributed by atoms with Crippen LogP contribution in [0.1, 0.15) is 38.2 Å². The summed E-state index contributed by atoms with van der Waals surface area (Å²) in [5.74, 6) is -0.448. The molecule has 134 valence electrons. The molecule has 1 aromatic carbocycles. The number of hydrogen-bond acceptors (Lipinski definition) is 5. The Morgan fingerprint density at radius 1 is 1.28 bits per heavy atom. The Labute approximate surface area is 147 Å². The van der Waals surface area contributed by atoms with E-state index in [1.165, 1.54) is 0 Å². The van der Waals surface area contributed by atoms with E-state index in [0.717, 1.165) is 23.5 Å². The molecule has 1 fully saturated rings. The van der Waals surface area contributed by atoms with Gasteiger partial charge in [-0.3, -0.25) is 0 Å². The van der Waals surface area contributed by atoms with Crippen molar-refractivity contribution in [2.45, 2.75) is 50.9 Å². The second-order valence-electron chi connectivity index (χ2n) is 6.30. The third-order valence-electron chi connectivity index (χ3n) is 4.42. The van der Waals surface area contributed by atoms with Gasteiger partial charge >= 0.3 is 12.1 Å². The smallest absolute Gasteiger partial charge is 0.434 e. The molecule has 3 aliphatic rings. The Kier molecular flexibility index (Phi) is 5.38. The molecular formula is C19H23NO5. The number of benzene rings is 1. The summed E-state index contributed by atoms with van der Waals surface area (Å²) in [6.07, 6.45) is 5.81. The summed E-state index contributed by atoms with van der Waals surface area (Å²) in [4.78, 5) is 30.5. The summed E-state index contributed by atoms with van der Waals surface area (Å²) in [6.45, 7) is 2.54. The van der Waals surface area contributed by atoms with Crippen LogP contribution in [0, 0.1) is 0 Å². The van der Waals surface area contributed by atoms with E-state index in [2.05, 4.69) is 0 Å². The van der Waals surface area contributed by atoms with Crippen molar-refractivity contribution in [3.05, 3.63) is 48.0 Å². The number of carbonyl (C=O) groups excluding carboxylic acids is 2. The second-order valence-corrected chi connectivity index (χ2v) is 6.30. The predicted molar refractivity (Wildman–Crippen MR) is 90.3 cm³/mol. The van der Waals surface area contributed by atoms with Crippen molar-refractivity contribution in [2.75, 3.05) is 6.61 Å². The average Bonchev–Trinajstić information content (AvgIpc) is 2.68. The van der Waals surface area contributed by atoms with Gasteiger partial charge in [0.25, 0.3) is 0 Å². The van der Waals surface area contributed by atoms with E-state index in [1.54, 1.807) is 6.08 Å². The molecule has 6 nitrogen and oxygen atoms in total. The number of esters is 1. The Hall–Kier alpha value is -2.34. The first-order valence-electron chi connectivity index (χ1n) is 8.70. The lowest BCUT2D eigenvalue weighted by Crippen LogP contribution is -2.58. The molecule has 0 N–H and O–H groups in total. The number of ether oxygens (including phenoxy) is 2. The maximum atomic E-state index is 12.4. The number of amides is 1. The number of fused-ring (bicyclic) bond motifs is 2. The molecule has 25 heavy (non-hydrogen) atoms. The number of nitrogens with zero attached hydrogens (tertiary/aromatic N) is 1. The molecule has 0 saturated carbocycles. The van der Waals surface area contributed by atoms with Crippen molar-refractivity contribution in [1.82, 2.24) is 5.06 Å². The van der Waals surface area contributed by atoms with Crippen molar-refractivity contribution in [3.8, 4) is 0 Å². The minimum absolute atomic E-state index is 0.157. The molecule has 2 aliphatic heterocycles. The SMILES string of the molecule is CCCCOC(=O)C12C=CC(CC1)N(C(=O)OCc1ccccc1)O2. The summed E-state index contributed by atoms with van der Waals surface area (Å²) >= 11 is 0. The first-order chi connectivity index (χ1) is 12.1. The zero-order chi connectivity index (χ0) is 17.7. The molecule has 1 aromatic rings. The number of carbonyl (C=O) groups is 2. The van der Waals surface area contributed by atoms with Gasteiger partial charge in [0, 0.05) is 0 Å². The van der Waals surface area contributed by atoms with E-state index in [4.69, 9.17) is 14.3 Å². The van der Waals surface area contributed by atoms with Gasteiger partial charge in [0.05, 0.1) is 12.6 Å². The quantitative estimate of drug-likeness (QED) is 0.449. The van der Waals surface area contributed by atoms with E-state index in [0.29, 0.717) is 19.4 Å². The molecule has 1 saturated heterocycles. The minimum atomic E-state index is -1.21. The molecule has 0 radical (unpaired) electrons. The van der Waals surface area contributed by atoms with Gasteiger partial charge in [0.1, 0.15) is 6.61 Å². The molecule has 0 spiro atoms. The molecule has 2 bridgehead atoms. The molecule has 1 aliphatic carbocycles. The van der Waals surface area contributed by atoms with Crippen molar-refractivity contribution < 1.29 is 23.9 Å². The summed E-state index contributed by atoms with van der Waals surface area (Å²) in [7, 11) is 0. The highest BCUT2D eigenvalue weighted by Crippen LogP contribution is 2.37. The summed E-state index contributed by atoms with van der Waals surface area (Å²) in [6, 6.07) is 9.20. The third kappa shape index (κ3) is 3.85. The molecule has 1 amide bonds. The lowest BCUT2D eigenvalue weighted by Gasteiger charge is -2.45. The van der Waals surface area contributed by atoms with Crippen molar-refractivity contribution in [1.29, 1.82) is 0 Å². The fraction of sp³-hybridized carbons (Fsp3) is 0.474. The van der Waals surface area contributed by atoms with Crippen LogP contribution < -0.4 is 0 Å². The second kappa shape index (κ2) is 7.70. The van der Waals surface area contributed by atoms with Crippen LogP contribution in [-0.4, -0.2) is 35.4 Å². The van der Waals surface area contributed by atoms with Crippen LogP contribution in [0.15, 0.2) is 42.5 Å². The largest absolute Gasteiger partial charge is 0.463 e. The van der Waals surface area contributed by atoms with E-state index in [-0.39, 0.29) is 12.6 Å². The first kappa shape index (κ1) is 17.5. The van der Waals surface area contributed by atoms with Crippen LogP contribution in [-0.2, 0) is 25.7 Å². The van der Waals surface area contributed by atoms with Gasteiger partial charge in [-0.1, -0.05) is 49.8 Å². The Morgan fingerprint density at radius 2 is 2.08 bits per heavy atom. The maximum Gasteiger partial charge on any atom is 0.434 e. The maximum absolute atomic E-state index is 12.4. The highest BCUT2D eigenvalue weighted by Gasteiger charge is 2.51. The van der Waals surface area contributed by atoms with E-state index in [1.807, 2.05) is 43.3 Å². The fourth-order valence-electron chi connectivity index (χ4n) is 2.92. The average molecular weight is 345 g/mol. The van der Waals surface area contributed by atoms with Gasteiger partial charge in [-0.25, -0.2) is 14.4 Å². The third-order valence-corrected chi connectivity index (χ3v) is 4.42. The van der Waals surface area contributed by atoms with Crippen LogP contribution in [0.2, 0.25) is 0 Å². The first-order valence-corrected chi connectivity index (χ1v) is 8.70. The van der Waals surface area contributed by atoms with Gasteiger partial charge in [-0.2, -0.15) is 5.06 Å². The lowest BCUT2D eigenvalue weighted by atomic mass is 9.86. The normalized spacial score (nSPS) is 24.2. The van der Waals surface area contributed by atoms with Crippen LogP contribution in [0.5, 0.6) is 0 Å². The fourth-order valence-corrected chi connectivity index (χ4v) is 2.92. The van der Waals surface area contributed by atoms with Crippen molar-refractivity contribution in [2.24, 2.45) is 0 Å². The van der Waals surface area contributed by atoms with E-state index in [9.17, 15) is 9.59 Å². The van der Waals surface area contributed by atoms with Crippen LogP contribution in [0.25, 0.3) is 0 Å².